The van der Waals surface area contributed by atoms with E-state index < -0.39 is 0 Å². The van der Waals surface area contributed by atoms with Crippen LogP contribution in [0.25, 0.3) is 10.9 Å². The maximum absolute atomic E-state index is 13.6. The molecule has 0 unspecified atom stereocenters. The van der Waals surface area contributed by atoms with Gasteiger partial charge in [0.2, 0.25) is 0 Å². The van der Waals surface area contributed by atoms with Crippen molar-refractivity contribution in [3.05, 3.63) is 105 Å². The smallest absolute Gasteiger partial charge is 0.255 e. The lowest BCUT2D eigenvalue weighted by atomic mass is 10.1. The number of nitrogens with one attached hydrogen (secondary N) is 1. The molecule has 0 bridgehead atoms. The number of fused-ring (bicyclic) bond motifs is 1. The van der Waals surface area contributed by atoms with Crippen molar-refractivity contribution in [2.75, 3.05) is 44.4 Å². The molecule has 0 saturated carbocycles. The van der Waals surface area contributed by atoms with Gasteiger partial charge in [0.05, 0.1) is 25.3 Å². The minimum Gasteiger partial charge on any atom is -0.492 e. The van der Waals surface area contributed by atoms with Crippen LogP contribution in [0, 0.1) is 0 Å². The monoisotopic (exact) mass is 563 g/mol. The van der Waals surface area contributed by atoms with E-state index in [0.29, 0.717) is 39.5 Å². The van der Waals surface area contributed by atoms with E-state index in [1.807, 2.05) is 66.1 Å². The Hall–Kier alpha value is -3.13. The van der Waals surface area contributed by atoms with Crippen LogP contribution in [-0.2, 0) is 17.8 Å². The molecule has 6 nitrogen and oxygen atoms in total. The number of aromatic nitrogens is 1. The van der Waals surface area contributed by atoms with Crippen LogP contribution < -0.4 is 20.5 Å². The minimum absolute atomic E-state index is 0.00737. The zero-order valence-electron chi connectivity index (χ0n) is 21.3. The van der Waals surface area contributed by atoms with E-state index in [1.165, 1.54) is 0 Å². The number of rotatable bonds is 11. The molecule has 1 aliphatic heterocycles. The van der Waals surface area contributed by atoms with Gasteiger partial charge in [-0.25, -0.2) is 0 Å². The quantitative estimate of drug-likeness (QED) is 0.316. The van der Waals surface area contributed by atoms with Gasteiger partial charge in [-0.1, -0.05) is 58.9 Å². The molecule has 3 aromatic rings. The number of para-hydroxylation sites is 1. The first-order valence-corrected chi connectivity index (χ1v) is 13.4. The van der Waals surface area contributed by atoms with Gasteiger partial charge < -0.3 is 24.3 Å². The SMILES string of the molecule is C=C(/C=C(Br)\C=C/C)CNCc1cc2ccc(N3CCOCC3)cc2n(CCOc2ccccc2)c1=O. The first-order chi connectivity index (χ1) is 18.0. The number of nitrogens with zero attached hydrogens (tertiary/aromatic N) is 2. The summed E-state index contributed by atoms with van der Waals surface area (Å²) >= 11 is 3.51. The first kappa shape index (κ1) is 26.9. The lowest BCUT2D eigenvalue weighted by Gasteiger charge is -2.29. The van der Waals surface area contributed by atoms with Gasteiger partial charge in [-0.05, 0) is 54.3 Å². The van der Waals surface area contributed by atoms with E-state index in [9.17, 15) is 4.79 Å². The fourth-order valence-electron chi connectivity index (χ4n) is 4.37. The predicted octanol–water partition coefficient (Wildman–Crippen LogP) is 5.42. The zero-order valence-corrected chi connectivity index (χ0v) is 22.9. The summed E-state index contributed by atoms with van der Waals surface area (Å²) in [6.07, 6.45) is 5.90. The second kappa shape index (κ2) is 13.4. The fourth-order valence-corrected chi connectivity index (χ4v) is 4.96. The average molecular weight is 565 g/mol. The highest BCUT2D eigenvalue weighted by Crippen LogP contribution is 2.23. The standard InChI is InChI=1S/C30H34BrN3O3/c1-3-7-26(31)18-23(2)21-32-22-25-19-24-10-11-27(33-12-15-36-16-13-33)20-29(24)34(30(25)35)14-17-37-28-8-5-4-6-9-28/h3-11,18-20,32H,2,12-17,21-22H2,1H3/b7-3-,26-18+. The normalized spacial score (nSPS) is 14.4. The largest absolute Gasteiger partial charge is 0.492 e. The molecule has 1 saturated heterocycles. The third kappa shape index (κ3) is 7.44. The van der Waals surface area contributed by atoms with Crippen molar-refractivity contribution in [1.82, 2.24) is 9.88 Å². The van der Waals surface area contributed by atoms with Gasteiger partial charge in [-0.2, -0.15) is 0 Å². The molecule has 0 spiro atoms. The minimum atomic E-state index is -0.00737. The lowest BCUT2D eigenvalue weighted by molar-refractivity contribution is 0.122. The van der Waals surface area contributed by atoms with Gasteiger partial charge in [0.25, 0.3) is 5.56 Å². The molecule has 194 valence electrons. The van der Waals surface area contributed by atoms with Gasteiger partial charge in [0.1, 0.15) is 12.4 Å². The van der Waals surface area contributed by atoms with E-state index in [1.54, 1.807) is 0 Å². The Bertz CT molecular complexity index is 1330. The molecule has 0 amide bonds. The number of hydrogen-bond acceptors (Lipinski definition) is 5. The number of pyridine rings is 1. The van der Waals surface area contributed by atoms with Crippen LogP contribution in [-0.4, -0.2) is 44.0 Å². The predicted molar refractivity (Wildman–Crippen MR) is 156 cm³/mol. The number of ether oxygens (including phenoxy) is 2. The summed E-state index contributed by atoms with van der Waals surface area (Å²) < 4.78 is 14.3. The fraction of sp³-hybridized carbons (Fsp3) is 0.300. The summed E-state index contributed by atoms with van der Waals surface area (Å²) in [6, 6.07) is 18.0. The maximum atomic E-state index is 13.6. The van der Waals surface area contributed by atoms with Crippen molar-refractivity contribution in [1.29, 1.82) is 0 Å². The number of allylic oxidation sites excluding steroid dienone is 3. The summed E-state index contributed by atoms with van der Waals surface area (Å²) in [4.78, 5) is 15.9. The van der Waals surface area contributed by atoms with Gasteiger partial charge in [0.15, 0.2) is 0 Å². The van der Waals surface area contributed by atoms with Gasteiger partial charge in [0, 0.05) is 41.9 Å². The summed E-state index contributed by atoms with van der Waals surface area (Å²) in [5, 5.41) is 4.40. The van der Waals surface area contributed by atoms with Crippen LogP contribution in [0.1, 0.15) is 12.5 Å². The van der Waals surface area contributed by atoms with Crippen LogP contribution in [0.3, 0.4) is 0 Å². The molecular formula is C30H34BrN3O3. The summed E-state index contributed by atoms with van der Waals surface area (Å²) in [5.41, 5.74) is 3.66. The highest BCUT2D eigenvalue weighted by atomic mass is 79.9. The van der Waals surface area contributed by atoms with Crippen molar-refractivity contribution in [3.8, 4) is 5.75 Å². The molecule has 0 aliphatic carbocycles. The Morgan fingerprint density at radius 2 is 1.95 bits per heavy atom. The van der Waals surface area contributed by atoms with Crippen molar-refractivity contribution >= 4 is 32.5 Å². The second-order valence-corrected chi connectivity index (χ2v) is 9.84. The first-order valence-electron chi connectivity index (χ1n) is 12.6. The van der Waals surface area contributed by atoms with Crippen molar-refractivity contribution in [2.45, 2.75) is 20.0 Å². The van der Waals surface area contributed by atoms with Crippen LogP contribution >= 0.6 is 15.9 Å². The van der Waals surface area contributed by atoms with Crippen LogP contribution in [0.4, 0.5) is 5.69 Å². The van der Waals surface area contributed by atoms with E-state index in [0.717, 1.165) is 51.0 Å². The van der Waals surface area contributed by atoms with Crippen molar-refractivity contribution < 1.29 is 9.47 Å². The molecule has 1 aliphatic rings. The van der Waals surface area contributed by atoms with E-state index >= 15 is 0 Å². The molecule has 0 radical (unpaired) electrons. The van der Waals surface area contributed by atoms with Crippen molar-refractivity contribution in [2.24, 2.45) is 0 Å². The van der Waals surface area contributed by atoms with E-state index in [4.69, 9.17) is 9.47 Å². The second-order valence-electron chi connectivity index (χ2n) is 8.92. The molecular weight excluding hydrogens is 530 g/mol. The average Bonchev–Trinajstić information content (AvgIpc) is 2.91. The molecule has 1 N–H and O–H groups in total. The highest BCUT2D eigenvalue weighted by molar-refractivity contribution is 9.11. The molecule has 0 atom stereocenters. The highest BCUT2D eigenvalue weighted by Gasteiger charge is 2.15. The summed E-state index contributed by atoms with van der Waals surface area (Å²) in [7, 11) is 0. The van der Waals surface area contributed by atoms with Gasteiger partial charge >= 0.3 is 0 Å². The zero-order chi connectivity index (χ0) is 26.0. The third-order valence-corrected chi connectivity index (χ3v) is 6.69. The number of hydrogen-bond donors (Lipinski definition) is 1. The van der Waals surface area contributed by atoms with Gasteiger partial charge in [-0.15, -0.1) is 0 Å². The molecule has 1 aromatic heterocycles. The number of halogens is 1. The Kier molecular flexibility index (Phi) is 9.77. The Labute approximate surface area is 227 Å². The molecule has 4 rings (SSSR count). The lowest BCUT2D eigenvalue weighted by Crippen LogP contribution is -2.36. The third-order valence-electron chi connectivity index (χ3n) is 6.19. The van der Waals surface area contributed by atoms with Crippen molar-refractivity contribution in [3.63, 3.8) is 0 Å². The topological polar surface area (TPSA) is 55.7 Å². The maximum Gasteiger partial charge on any atom is 0.255 e. The van der Waals surface area contributed by atoms with Gasteiger partial charge in [-0.3, -0.25) is 4.79 Å². The number of benzene rings is 2. The van der Waals surface area contributed by atoms with Crippen LogP contribution in [0.2, 0.25) is 0 Å². The summed E-state index contributed by atoms with van der Waals surface area (Å²) in [5.74, 6) is 0.794. The Morgan fingerprint density at radius 1 is 1.16 bits per heavy atom. The molecule has 1 fully saturated rings. The Morgan fingerprint density at radius 3 is 2.70 bits per heavy atom. The van der Waals surface area contributed by atoms with Crippen LogP contribution in [0.5, 0.6) is 5.75 Å². The van der Waals surface area contributed by atoms with E-state index in [-0.39, 0.29) is 5.56 Å². The molecule has 2 heterocycles. The number of morpholine rings is 1. The van der Waals surface area contributed by atoms with Crippen LogP contribution in [0.15, 0.2) is 94.3 Å². The molecule has 7 heteroatoms. The molecule has 37 heavy (non-hydrogen) atoms. The number of anilines is 1. The van der Waals surface area contributed by atoms with E-state index in [2.05, 4.69) is 50.9 Å². The summed E-state index contributed by atoms with van der Waals surface area (Å²) in [6.45, 7) is 11.1. The molecule has 2 aromatic carbocycles. The Balaban J connectivity index is 1.57.